The molecule has 1 aliphatic rings. The van der Waals surface area contributed by atoms with Crippen LogP contribution in [0.1, 0.15) is 27.7 Å². The minimum Gasteiger partial charge on any atom is -0.507 e. The molecule has 0 saturated heterocycles. The third-order valence-electron chi connectivity index (χ3n) is 4.83. The Morgan fingerprint density at radius 1 is 1.32 bits per heavy atom. The van der Waals surface area contributed by atoms with Crippen molar-refractivity contribution in [3.8, 4) is 22.8 Å². The van der Waals surface area contributed by atoms with Crippen molar-refractivity contribution in [2.75, 3.05) is 13.7 Å². The Balaban J connectivity index is 1.91. The van der Waals surface area contributed by atoms with Gasteiger partial charge in [-0.1, -0.05) is 29.8 Å². The number of nitrogens with zero attached hydrogens (tertiary/aromatic N) is 2. The molecule has 0 saturated carbocycles. The Morgan fingerprint density at radius 3 is 2.75 bits per heavy atom. The van der Waals surface area contributed by atoms with Crippen molar-refractivity contribution < 1.29 is 14.6 Å². The molecule has 1 aromatic heterocycles. The molecule has 0 radical (unpaired) electrons. The number of aromatic hydroxyl groups is 1. The van der Waals surface area contributed by atoms with Crippen LogP contribution in [0.2, 0.25) is 5.02 Å². The number of phenols is 1. The van der Waals surface area contributed by atoms with E-state index in [0.717, 1.165) is 11.3 Å². The molecular formula is C21H18ClN3O3. The van der Waals surface area contributed by atoms with Crippen molar-refractivity contribution in [3.63, 3.8) is 0 Å². The van der Waals surface area contributed by atoms with Gasteiger partial charge in [0.2, 0.25) is 0 Å². The first-order valence-corrected chi connectivity index (χ1v) is 9.06. The Labute approximate surface area is 167 Å². The van der Waals surface area contributed by atoms with Crippen LogP contribution in [-0.4, -0.2) is 39.8 Å². The molecule has 6 nitrogen and oxygen atoms in total. The minimum atomic E-state index is -0.376. The van der Waals surface area contributed by atoms with E-state index in [4.69, 9.17) is 16.3 Å². The predicted octanol–water partition coefficient (Wildman–Crippen LogP) is 4.18. The van der Waals surface area contributed by atoms with Crippen LogP contribution in [0.25, 0.3) is 11.3 Å². The second kappa shape index (κ2) is 7.05. The summed E-state index contributed by atoms with van der Waals surface area (Å²) < 4.78 is 5.24. The zero-order chi connectivity index (χ0) is 19.8. The Morgan fingerprint density at radius 2 is 2.07 bits per heavy atom. The van der Waals surface area contributed by atoms with E-state index in [1.807, 2.05) is 24.3 Å². The van der Waals surface area contributed by atoms with E-state index in [1.54, 1.807) is 30.2 Å². The van der Waals surface area contributed by atoms with Crippen molar-refractivity contribution in [1.29, 1.82) is 0 Å². The average Bonchev–Trinajstić information content (AvgIpc) is 3.24. The number of aromatic nitrogens is 2. The summed E-state index contributed by atoms with van der Waals surface area (Å²) in [6.45, 7) is 4.14. The molecule has 1 amide bonds. The van der Waals surface area contributed by atoms with Crippen LogP contribution in [0.4, 0.5) is 0 Å². The summed E-state index contributed by atoms with van der Waals surface area (Å²) in [7, 11) is 1.60. The zero-order valence-electron chi connectivity index (χ0n) is 15.1. The van der Waals surface area contributed by atoms with E-state index in [1.165, 1.54) is 6.07 Å². The van der Waals surface area contributed by atoms with Gasteiger partial charge < -0.3 is 14.7 Å². The zero-order valence-corrected chi connectivity index (χ0v) is 15.9. The number of methoxy groups -OCH3 is 1. The van der Waals surface area contributed by atoms with E-state index in [0.29, 0.717) is 34.1 Å². The first-order valence-electron chi connectivity index (χ1n) is 8.68. The maximum absolute atomic E-state index is 13.0. The summed E-state index contributed by atoms with van der Waals surface area (Å²) in [5.41, 5.74) is 2.97. The summed E-state index contributed by atoms with van der Waals surface area (Å²) in [6.07, 6.45) is 1.68. The lowest BCUT2D eigenvalue weighted by Gasteiger charge is -2.25. The summed E-state index contributed by atoms with van der Waals surface area (Å²) in [5, 5.41) is 18.0. The van der Waals surface area contributed by atoms with Crippen molar-refractivity contribution in [1.82, 2.24) is 15.1 Å². The number of hydrogen-bond donors (Lipinski definition) is 2. The van der Waals surface area contributed by atoms with Crippen LogP contribution in [0.5, 0.6) is 11.5 Å². The molecule has 0 spiro atoms. The van der Waals surface area contributed by atoms with Crippen molar-refractivity contribution in [3.05, 3.63) is 77.0 Å². The molecule has 0 bridgehead atoms. The molecule has 2 N–H and O–H groups in total. The maximum atomic E-state index is 13.0. The molecule has 2 heterocycles. The summed E-state index contributed by atoms with van der Waals surface area (Å²) in [4.78, 5) is 14.7. The van der Waals surface area contributed by atoms with E-state index < -0.39 is 0 Å². The first kappa shape index (κ1) is 18.1. The van der Waals surface area contributed by atoms with E-state index in [2.05, 4.69) is 16.8 Å². The summed E-state index contributed by atoms with van der Waals surface area (Å²) in [6, 6.07) is 11.9. The standard InChI is InChI=1S/C21H18ClN3O3/c1-3-10-25-20(12-4-7-14(28-2)8-5-12)17-18(23-24-19(17)21(25)27)15-11-13(22)6-9-16(15)26/h3-9,11,20,26H,1,10H2,2H3,(H,23,24). The number of rotatable bonds is 5. The third kappa shape index (κ3) is 2.82. The Bertz CT molecular complexity index is 1060. The molecule has 2 aromatic carbocycles. The molecule has 1 aliphatic heterocycles. The Hall–Kier alpha value is -3.25. The van der Waals surface area contributed by atoms with Crippen LogP contribution in [-0.2, 0) is 0 Å². The SMILES string of the molecule is C=CCN1C(=O)c2[nH]nc(-c3cc(Cl)ccc3O)c2C1c1ccc(OC)cc1. The number of H-pyrrole nitrogens is 1. The number of aromatic amines is 1. The van der Waals surface area contributed by atoms with Gasteiger partial charge in [0.25, 0.3) is 5.91 Å². The lowest BCUT2D eigenvalue weighted by Crippen LogP contribution is -2.29. The van der Waals surface area contributed by atoms with Gasteiger partial charge in [-0.25, -0.2) is 0 Å². The number of nitrogens with one attached hydrogen (secondary N) is 1. The number of amides is 1. The van der Waals surface area contributed by atoms with E-state index >= 15 is 0 Å². The van der Waals surface area contributed by atoms with E-state index in [9.17, 15) is 9.90 Å². The average molecular weight is 396 g/mol. The summed E-state index contributed by atoms with van der Waals surface area (Å²) in [5.74, 6) is 0.598. The molecule has 142 valence electrons. The number of halogens is 1. The highest BCUT2D eigenvalue weighted by Gasteiger charge is 2.42. The largest absolute Gasteiger partial charge is 0.507 e. The third-order valence-corrected chi connectivity index (χ3v) is 5.07. The highest BCUT2D eigenvalue weighted by atomic mass is 35.5. The van der Waals surface area contributed by atoms with Crippen molar-refractivity contribution >= 4 is 17.5 Å². The molecule has 7 heteroatoms. The molecule has 28 heavy (non-hydrogen) atoms. The fourth-order valence-corrected chi connectivity index (χ4v) is 3.73. The molecular weight excluding hydrogens is 378 g/mol. The van der Waals surface area contributed by atoms with Gasteiger partial charge in [-0.2, -0.15) is 5.10 Å². The Kier molecular flexibility index (Phi) is 4.57. The number of benzene rings is 2. The summed E-state index contributed by atoms with van der Waals surface area (Å²) >= 11 is 6.12. The molecule has 3 aromatic rings. The second-order valence-electron chi connectivity index (χ2n) is 6.44. The minimum absolute atomic E-state index is 0.0433. The van der Waals surface area contributed by atoms with Crippen LogP contribution in [0.15, 0.2) is 55.1 Å². The lowest BCUT2D eigenvalue weighted by molar-refractivity contribution is 0.0764. The van der Waals surface area contributed by atoms with Gasteiger partial charge in [-0.05, 0) is 35.9 Å². The highest BCUT2D eigenvalue weighted by Crippen LogP contribution is 2.45. The normalized spacial score (nSPS) is 15.6. The first-order chi connectivity index (χ1) is 13.5. The van der Waals surface area contributed by atoms with Gasteiger partial charge in [0.05, 0.1) is 13.2 Å². The monoisotopic (exact) mass is 395 g/mol. The maximum Gasteiger partial charge on any atom is 0.273 e. The smallest absolute Gasteiger partial charge is 0.273 e. The fourth-order valence-electron chi connectivity index (χ4n) is 3.56. The van der Waals surface area contributed by atoms with Crippen LogP contribution in [0.3, 0.4) is 0 Å². The van der Waals surface area contributed by atoms with Crippen LogP contribution >= 0.6 is 11.6 Å². The lowest BCUT2D eigenvalue weighted by atomic mass is 9.95. The number of ether oxygens (including phenoxy) is 1. The molecule has 1 unspecified atom stereocenters. The van der Waals surface area contributed by atoms with Crippen molar-refractivity contribution in [2.24, 2.45) is 0 Å². The molecule has 0 fully saturated rings. The van der Waals surface area contributed by atoms with Crippen LogP contribution < -0.4 is 4.74 Å². The number of carbonyl (C=O) groups excluding carboxylic acids is 1. The quantitative estimate of drug-likeness (QED) is 0.635. The predicted molar refractivity (Wildman–Crippen MR) is 107 cm³/mol. The van der Waals surface area contributed by atoms with Gasteiger partial charge in [0.15, 0.2) is 0 Å². The topological polar surface area (TPSA) is 78.5 Å². The highest BCUT2D eigenvalue weighted by molar-refractivity contribution is 6.31. The van der Waals surface area contributed by atoms with Crippen molar-refractivity contribution in [2.45, 2.75) is 6.04 Å². The number of phenolic OH excluding ortho intramolecular Hbond substituents is 1. The van der Waals surface area contributed by atoms with Gasteiger partial charge in [-0.3, -0.25) is 9.89 Å². The van der Waals surface area contributed by atoms with Gasteiger partial charge in [0.1, 0.15) is 22.9 Å². The van der Waals surface area contributed by atoms with Gasteiger partial charge in [-0.15, -0.1) is 6.58 Å². The second-order valence-corrected chi connectivity index (χ2v) is 6.88. The molecule has 4 rings (SSSR count). The van der Waals surface area contributed by atoms with Gasteiger partial charge >= 0.3 is 0 Å². The van der Waals surface area contributed by atoms with E-state index in [-0.39, 0.29) is 17.7 Å². The van der Waals surface area contributed by atoms with Crippen LogP contribution in [0, 0.1) is 0 Å². The fraction of sp³-hybridized carbons (Fsp3) is 0.143. The number of fused-ring (bicyclic) bond motifs is 1. The van der Waals surface area contributed by atoms with Gasteiger partial charge in [0, 0.05) is 22.7 Å². The number of carbonyl (C=O) groups is 1. The number of hydrogen-bond acceptors (Lipinski definition) is 4. The molecule has 0 aliphatic carbocycles. The molecule has 1 atom stereocenters.